The number of nitrogens with zero attached hydrogens (tertiary/aromatic N) is 1. The maximum atomic E-state index is 12.4. The lowest BCUT2D eigenvalue weighted by atomic mass is 10.3. The fraction of sp³-hybridized carbons (Fsp3) is 0.417. The van der Waals surface area contributed by atoms with E-state index in [0.29, 0.717) is 13.2 Å². The lowest BCUT2D eigenvalue weighted by Gasteiger charge is -2.26. The first-order valence-electron chi connectivity index (χ1n) is 6.11. The number of carboxylic acids is 1. The van der Waals surface area contributed by atoms with Crippen LogP contribution in [0, 0.1) is 0 Å². The minimum absolute atomic E-state index is 0.0191. The van der Waals surface area contributed by atoms with Crippen molar-refractivity contribution in [1.29, 1.82) is 0 Å². The maximum absolute atomic E-state index is 12.4. The number of morpholine rings is 1. The van der Waals surface area contributed by atoms with Crippen molar-refractivity contribution in [2.75, 3.05) is 32.9 Å². The number of benzene rings is 1. The number of carbonyl (C=O) groups is 1. The summed E-state index contributed by atoms with van der Waals surface area (Å²) in [6.07, 6.45) is 0. The minimum Gasteiger partial charge on any atom is -0.546 e. The fourth-order valence-electron chi connectivity index (χ4n) is 1.83. The van der Waals surface area contributed by atoms with Crippen molar-refractivity contribution < 1.29 is 27.8 Å². The van der Waals surface area contributed by atoms with Gasteiger partial charge in [-0.05, 0) is 18.2 Å². The summed E-state index contributed by atoms with van der Waals surface area (Å²) in [7, 11) is -3.65. The van der Waals surface area contributed by atoms with Crippen molar-refractivity contribution in [2.24, 2.45) is 0 Å². The molecule has 1 aliphatic heterocycles. The van der Waals surface area contributed by atoms with Crippen molar-refractivity contribution >= 4 is 27.6 Å². The molecule has 0 radical (unpaired) electrons. The van der Waals surface area contributed by atoms with E-state index in [1.807, 2.05) is 0 Å². The second-order valence-corrected chi connectivity index (χ2v) is 6.61. The molecular weight excluding hydrogens is 322 g/mol. The molecule has 1 aliphatic rings. The molecule has 1 heterocycles. The predicted molar refractivity (Wildman–Crippen MR) is 71.5 cm³/mol. The van der Waals surface area contributed by atoms with Crippen molar-refractivity contribution in [3.63, 3.8) is 0 Å². The van der Waals surface area contributed by atoms with Gasteiger partial charge < -0.3 is 19.4 Å². The van der Waals surface area contributed by atoms with Crippen LogP contribution in [0.25, 0.3) is 0 Å². The third kappa shape index (κ3) is 3.85. The summed E-state index contributed by atoms with van der Waals surface area (Å²) in [5.74, 6) is -1.31. The van der Waals surface area contributed by atoms with Gasteiger partial charge in [-0.2, -0.15) is 4.31 Å². The smallest absolute Gasteiger partial charge is 0.243 e. The van der Waals surface area contributed by atoms with E-state index < -0.39 is 22.6 Å². The second-order valence-electron chi connectivity index (χ2n) is 4.27. The Balaban J connectivity index is 2.20. The summed E-state index contributed by atoms with van der Waals surface area (Å²) in [5, 5.41) is 10.3. The highest BCUT2D eigenvalue weighted by atomic mass is 35.5. The number of rotatable bonds is 5. The highest BCUT2D eigenvalue weighted by molar-refractivity contribution is 7.89. The van der Waals surface area contributed by atoms with Crippen LogP contribution >= 0.6 is 11.6 Å². The Hall–Kier alpha value is -1.35. The molecule has 1 fully saturated rings. The molecule has 0 spiro atoms. The molecule has 1 saturated heterocycles. The molecule has 0 aliphatic carbocycles. The molecular formula is C12H13ClNO6S-. The highest BCUT2D eigenvalue weighted by Crippen LogP contribution is 2.28. The van der Waals surface area contributed by atoms with Gasteiger partial charge in [0.05, 0.1) is 29.1 Å². The van der Waals surface area contributed by atoms with Gasteiger partial charge in [-0.3, -0.25) is 0 Å². The molecule has 0 atom stereocenters. The number of hydrogen-bond donors (Lipinski definition) is 0. The molecule has 0 bridgehead atoms. The van der Waals surface area contributed by atoms with Crippen LogP contribution in [-0.2, 0) is 19.6 Å². The lowest BCUT2D eigenvalue weighted by molar-refractivity contribution is -0.307. The van der Waals surface area contributed by atoms with Gasteiger partial charge in [0.2, 0.25) is 10.0 Å². The monoisotopic (exact) mass is 334 g/mol. The van der Waals surface area contributed by atoms with Gasteiger partial charge in [0, 0.05) is 13.1 Å². The normalized spacial score (nSPS) is 16.6. The fourth-order valence-corrected chi connectivity index (χ4v) is 3.57. The molecule has 2 rings (SSSR count). The van der Waals surface area contributed by atoms with Crippen molar-refractivity contribution in [3.8, 4) is 5.75 Å². The zero-order valence-electron chi connectivity index (χ0n) is 11.0. The largest absolute Gasteiger partial charge is 0.546 e. The first-order valence-corrected chi connectivity index (χ1v) is 7.93. The Morgan fingerprint density at radius 1 is 1.38 bits per heavy atom. The number of hydrogen-bond acceptors (Lipinski definition) is 6. The Bertz CT molecular complexity index is 627. The van der Waals surface area contributed by atoms with Crippen LogP contribution in [-0.4, -0.2) is 51.6 Å². The maximum Gasteiger partial charge on any atom is 0.243 e. The van der Waals surface area contributed by atoms with E-state index in [2.05, 4.69) is 0 Å². The summed E-state index contributed by atoms with van der Waals surface area (Å²) in [5.41, 5.74) is 0. The van der Waals surface area contributed by atoms with Crippen LogP contribution < -0.4 is 9.84 Å². The number of halogens is 1. The summed E-state index contributed by atoms with van der Waals surface area (Å²) in [4.78, 5) is 10.3. The molecule has 9 heteroatoms. The third-order valence-electron chi connectivity index (χ3n) is 2.86. The first-order chi connectivity index (χ1) is 9.91. The van der Waals surface area contributed by atoms with Crippen LogP contribution in [0.4, 0.5) is 0 Å². The Kier molecular flexibility index (Phi) is 5.04. The van der Waals surface area contributed by atoms with E-state index in [1.165, 1.54) is 22.5 Å². The Morgan fingerprint density at radius 3 is 2.62 bits per heavy atom. The SMILES string of the molecule is O=C([O-])COc1ccc(S(=O)(=O)N2CCOCC2)cc1Cl. The summed E-state index contributed by atoms with van der Waals surface area (Å²) in [6.45, 7) is 0.598. The van der Waals surface area contributed by atoms with E-state index in [1.54, 1.807) is 0 Å². The summed E-state index contributed by atoms with van der Waals surface area (Å²) >= 11 is 5.91. The molecule has 21 heavy (non-hydrogen) atoms. The number of aliphatic carboxylic acids is 1. The molecule has 1 aromatic carbocycles. The molecule has 0 unspecified atom stereocenters. The number of carboxylic acid groups (broad SMARTS) is 1. The van der Waals surface area contributed by atoms with E-state index >= 15 is 0 Å². The summed E-state index contributed by atoms with van der Waals surface area (Å²) < 4.78 is 36.1. The number of sulfonamides is 1. The van der Waals surface area contributed by atoms with Crippen LogP contribution in [0.15, 0.2) is 23.1 Å². The van der Waals surface area contributed by atoms with Crippen LogP contribution in [0.2, 0.25) is 5.02 Å². The van der Waals surface area contributed by atoms with Gasteiger partial charge in [0.15, 0.2) is 0 Å². The van der Waals surface area contributed by atoms with Crippen molar-refractivity contribution in [1.82, 2.24) is 4.31 Å². The van der Waals surface area contributed by atoms with Crippen molar-refractivity contribution in [3.05, 3.63) is 23.2 Å². The second kappa shape index (κ2) is 6.61. The van der Waals surface area contributed by atoms with Crippen LogP contribution in [0.1, 0.15) is 0 Å². The Labute approximate surface area is 127 Å². The zero-order valence-corrected chi connectivity index (χ0v) is 12.5. The zero-order chi connectivity index (χ0) is 15.5. The molecule has 0 aromatic heterocycles. The van der Waals surface area contributed by atoms with Gasteiger partial charge in [-0.15, -0.1) is 0 Å². The number of ether oxygens (including phenoxy) is 2. The summed E-state index contributed by atoms with van der Waals surface area (Å²) in [6, 6.07) is 3.87. The quantitative estimate of drug-likeness (QED) is 0.719. The van der Waals surface area contributed by atoms with Gasteiger partial charge in [0.1, 0.15) is 12.4 Å². The van der Waals surface area contributed by atoms with Gasteiger partial charge in [-0.1, -0.05) is 11.6 Å². The molecule has 0 amide bonds. The van der Waals surface area contributed by atoms with E-state index in [9.17, 15) is 18.3 Å². The van der Waals surface area contributed by atoms with Crippen LogP contribution in [0.5, 0.6) is 5.75 Å². The topological polar surface area (TPSA) is 96.0 Å². The predicted octanol–water partition coefficient (Wildman–Crippen LogP) is -0.510. The Morgan fingerprint density at radius 2 is 2.05 bits per heavy atom. The number of carbonyl (C=O) groups excluding carboxylic acids is 1. The average molecular weight is 335 g/mol. The standard InChI is InChI=1S/C12H14ClNO6S/c13-10-7-9(1-2-11(10)20-8-12(15)16)21(17,18)14-3-5-19-6-4-14/h1-2,7H,3-6,8H2,(H,15,16)/p-1. The van der Waals surface area contributed by atoms with Gasteiger partial charge in [0.25, 0.3) is 0 Å². The van der Waals surface area contributed by atoms with Gasteiger partial charge >= 0.3 is 0 Å². The van der Waals surface area contributed by atoms with E-state index in [0.717, 1.165) is 0 Å². The first kappa shape index (κ1) is 16.0. The van der Waals surface area contributed by atoms with Crippen LogP contribution in [0.3, 0.4) is 0 Å². The third-order valence-corrected chi connectivity index (χ3v) is 5.05. The van der Waals surface area contributed by atoms with Gasteiger partial charge in [-0.25, -0.2) is 8.42 Å². The molecule has 1 aromatic rings. The van der Waals surface area contributed by atoms with E-state index in [4.69, 9.17) is 21.1 Å². The molecule has 116 valence electrons. The van der Waals surface area contributed by atoms with E-state index in [-0.39, 0.29) is 28.8 Å². The molecule has 7 nitrogen and oxygen atoms in total. The average Bonchev–Trinajstić information content (AvgIpc) is 2.46. The van der Waals surface area contributed by atoms with Crippen molar-refractivity contribution in [2.45, 2.75) is 4.90 Å². The minimum atomic E-state index is -3.65. The highest BCUT2D eigenvalue weighted by Gasteiger charge is 2.26. The molecule has 0 saturated carbocycles. The molecule has 0 N–H and O–H groups in total. The lowest BCUT2D eigenvalue weighted by Crippen LogP contribution is -2.40.